The molecule has 0 amide bonds. The van der Waals surface area contributed by atoms with E-state index in [9.17, 15) is 4.79 Å². The van der Waals surface area contributed by atoms with E-state index in [0.29, 0.717) is 16.0 Å². The van der Waals surface area contributed by atoms with E-state index in [2.05, 4.69) is 15.3 Å². The van der Waals surface area contributed by atoms with Gasteiger partial charge in [0, 0.05) is 5.69 Å². The molecule has 0 radical (unpaired) electrons. The van der Waals surface area contributed by atoms with Gasteiger partial charge in [0.1, 0.15) is 26.0 Å². The van der Waals surface area contributed by atoms with Crippen LogP contribution in [0.25, 0.3) is 31.0 Å². The fourth-order valence-corrected chi connectivity index (χ4v) is 5.25. The van der Waals surface area contributed by atoms with Gasteiger partial charge in [-0.3, -0.25) is 4.79 Å². The predicted molar refractivity (Wildman–Crippen MR) is 118 cm³/mol. The van der Waals surface area contributed by atoms with Crippen LogP contribution in [0.15, 0.2) is 59.4 Å². The second-order valence-electron chi connectivity index (χ2n) is 6.31. The number of para-hydroxylation sites is 2. The molecule has 0 saturated heterocycles. The Labute approximate surface area is 173 Å². The summed E-state index contributed by atoms with van der Waals surface area (Å²) in [7, 11) is 0. The van der Waals surface area contributed by atoms with Gasteiger partial charge in [0.25, 0.3) is 5.56 Å². The maximum Gasteiger partial charge on any atom is 0.268 e. The average Bonchev–Trinajstić information content (AvgIpc) is 3.30. The molecule has 140 valence electrons. The van der Waals surface area contributed by atoms with Crippen LogP contribution in [0, 0.1) is 11.3 Å². The molecule has 0 spiro atoms. The zero-order valence-corrected chi connectivity index (χ0v) is 16.6. The van der Waals surface area contributed by atoms with E-state index in [4.69, 9.17) is 10.2 Å². The normalized spacial score (nSPS) is 11.0. The smallest absolute Gasteiger partial charge is 0.268 e. The van der Waals surface area contributed by atoms with Crippen LogP contribution in [0.3, 0.4) is 0 Å². The highest BCUT2D eigenvalue weighted by Gasteiger charge is 2.21. The molecule has 5 aromatic rings. The number of nitriles is 1. The number of anilines is 2. The van der Waals surface area contributed by atoms with Crippen molar-refractivity contribution in [3.63, 3.8) is 0 Å². The molecule has 29 heavy (non-hydrogen) atoms. The number of aromatic nitrogens is 3. The first kappa shape index (κ1) is 17.6. The highest BCUT2D eigenvalue weighted by atomic mass is 32.1. The Bertz CT molecular complexity index is 1410. The number of thiazole rings is 1. The molecular weight excluding hydrogens is 402 g/mol. The van der Waals surface area contributed by atoms with Crippen LogP contribution in [0.1, 0.15) is 5.82 Å². The second-order valence-corrected chi connectivity index (χ2v) is 8.36. The van der Waals surface area contributed by atoms with Gasteiger partial charge in [-0.1, -0.05) is 30.3 Å². The lowest BCUT2D eigenvalue weighted by Gasteiger charge is -2.05. The third-order valence-electron chi connectivity index (χ3n) is 4.38. The molecule has 0 aliphatic rings. The topological polar surface area (TPSA) is 94.5 Å². The number of rotatable bonds is 4. The van der Waals surface area contributed by atoms with Gasteiger partial charge in [-0.2, -0.15) is 5.26 Å². The first-order valence-electron chi connectivity index (χ1n) is 8.83. The number of H-pyrrole nitrogens is 1. The van der Waals surface area contributed by atoms with Crippen molar-refractivity contribution in [1.29, 1.82) is 5.26 Å². The Morgan fingerprint density at radius 3 is 2.62 bits per heavy atom. The van der Waals surface area contributed by atoms with Gasteiger partial charge in [0.15, 0.2) is 0 Å². The van der Waals surface area contributed by atoms with Crippen molar-refractivity contribution in [3.8, 4) is 16.6 Å². The Hall–Kier alpha value is -3.54. The van der Waals surface area contributed by atoms with E-state index in [1.807, 2.05) is 60.7 Å². The van der Waals surface area contributed by atoms with Gasteiger partial charge >= 0.3 is 0 Å². The maximum atomic E-state index is 12.7. The summed E-state index contributed by atoms with van der Waals surface area (Å²) in [5.41, 5.74) is 2.94. The van der Waals surface area contributed by atoms with Crippen molar-refractivity contribution >= 4 is 53.8 Å². The number of nitrogens with zero attached hydrogens (tertiary/aromatic N) is 3. The van der Waals surface area contributed by atoms with Gasteiger partial charge in [-0.25, -0.2) is 9.97 Å². The van der Waals surface area contributed by atoms with E-state index >= 15 is 0 Å². The largest absolute Gasteiger partial charge is 0.347 e. The van der Waals surface area contributed by atoms with Crippen molar-refractivity contribution in [1.82, 2.24) is 15.0 Å². The number of benzene rings is 2. The fraction of sp³-hybridized carbons (Fsp3) is 0.0476. The monoisotopic (exact) mass is 415 g/mol. The quantitative estimate of drug-likeness (QED) is 0.427. The molecule has 6 nitrogen and oxygen atoms in total. The van der Waals surface area contributed by atoms with E-state index in [1.165, 1.54) is 11.3 Å². The minimum Gasteiger partial charge on any atom is -0.347 e. The molecule has 5 rings (SSSR count). The summed E-state index contributed by atoms with van der Waals surface area (Å²) in [5.74, 6) is 0.358. The van der Waals surface area contributed by atoms with Crippen LogP contribution in [0.4, 0.5) is 10.7 Å². The van der Waals surface area contributed by atoms with Crippen molar-refractivity contribution < 1.29 is 0 Å². The zero-order valence-electron chi connectivity index (χ0n) is 15.0. The van der Waals surface area contributed by atoms with Gasteiger partial charge in [0.05, 0.1) is 28.3 Å². The van der Waals surface area contributed by atoms with E-state index in [0.717, 1.165) is 31.5 Å². The third kappa shape index (κ3) is 3.16. The Balaban J connectivity index is 1.78. The molecule has 2 aromatic carbocycles. The molecule has 0 saturated carbocycles. The Morgan fingerprint density at radius 1 is 1.03 bits per heavy atom. The molecule has 0 atom stereocenters. The highest BCUT2D eigenvalue weighted by molar-refractivity contribution is 7.25. The number of hydrogen-bond acceptors (Lipinski definition) is 7. The van der Waals surface area contributed by atoms with E-state index in [-0.39, 0.29) is 12.0 Å². The summed E-state index contributed by atoms with van der Waals surface area (Å²) in [6, 6.07) is 19.7. The molecule has 0 bridgehead atoms. The van der Waals surface area contributed by atoms with E-state index in [1.54, 1.807) is 11.3 Å². The molecule has 3 aromatic heterocycles. The summed E-state index contributed by atoms with van der Waals surface area (Å²) in [6.07, 6.45) is 0.0434. The van der Waals surface area contributed by atoms with Crippen molar-refractivity contribution in [3.05, 3.63) is 70.8 Å². The lowest BCUT2D eigenvalue weighted by molar-refractivity contribution is 1.00. The number of fused-ring (bicyclic) bond motifs is 2. The SMILES string of the molecule is N#CCc1nc2c(-c3nc4ccccc4s3)c(Nc3ccccc3)sc2c(=O)[nH]1. The minimum absolute atomic E-state index is 0.0434. The van der Waals surface area contributed by atoms with E-state index < -0.39 is 0 Å². The average molecular weight is 416 g/mol. The molecule has 3 heterocycles. The number of nitrogens with one attached hydrogen (secondary N) is 2. The summed E-state index contributed by atoms with van der Waals surface area (Å²) in [4.78, 5) is 24.7. The van der Waals surface area contributed by atoms with Crippen LogP contribution in [0.2, 0.25) is 0 Å². The summed E-state index contributed by atoms with van der Waals surface area (Å²) in [6.45, 7) is 0. The van der Waals surface area contributed by atoms with Gasteiger partial charge in [0.2, 0.25) is 0 Å². The highest BCUT2D eigenvalue weighted by Crippen LogP contribution is 2.44. The van der Waals surface area contributed by atoms with Crippen molar-refractivity contribution in [2.45, 2.75) is 6.42 Å². The second kappa shape index (κ2) is 7.13. The van der Waals surface area contributed by atoms with Crippen molar-refractivity contribution in [2.24, 2.45) is 0 Å². The predicted octanol–water partition coefficient (Wildman–Crippen LogP) is 5.07. The molecule has 0 aliphatic carbocycles. The van der Waals surface area contributed by atoms with Crippen LogP contribution in [-0.2, 0) is 6.42 Å². The lowest BCUT2D eigenvalue weighted by Crippen LogP contribution is -2.10. The molecular formula is C21H13N5OS2. The van der Waals surface area contributed by atoms with Gasteiger partial charge in [-0.05, 0) is 24.3 Å². The van der Waals surface area contributed by atoms with Gasteiger partial charge < -0.3 is 10.3 Å². The molecule has 0 aliphatic heterocycles. The summed E-state index contributed by atoms with van der Waals surface area (Å²) < 4.78 is 1.58. The maximum absolute atomic E-state index is 12.7. The van der Waals surface area contributed by atoms with Crippen LogP contribution >= 0.6 is 22.7 Å². The number of thiophene rings is 1. The first-order chi connectivity index (χ1) is 14.2. The molecule has 0 unspecified atom stereocenters. The van der Waals surface area contributed by atoms with Gasteiger partial charge in [-0.15, -0.1) is 22.7 Å². The number of aromatic amines is 1. The lowest BCUT2D eigenvalue weighted by atomic mass is 10.2. The van der Waals surface area contributed by atoms with Crippen LogP contribution in [-0.4, -0.2) is 15.0 Å². The van der Waals surface area contributed by atoms with Crippen LogP contribution in [0.5, 0.6) is 0 Å². The summed E-state index contributed by atoms with van der Waals surface area (Å²) >= 11 is 2.90. The Kier molecular flexibility index (Phi) is 4.31. The standard InChI is InChI=1S/C21H13N5OS2/c22-11-10-15-25-17-16(21-24-13-8-4-5-9-14(13)28-21)20(29-18(17)19(27)26-15)23-12-6-2-1-3-7-12/h1-9,23H,10H2,(H,25,26,27). The zero-order chi connectivity index (χ0) is 19.8. The third-order valence-corrected chi connectivity index (χ3v) is 6.53. The first-order valence-corrected chi connectivity index (χ1v) is 10.5. The summed E-state index contributed by atoms with van der Waals surface area (Å²) in [5, 5.41) is 14.0. The molecule has 0 fully saturated rings. The van der Waals surface area contributed by atoms with Crippen molar-refractivity contribution in [2.75, 3.05) is 5.32 Å². The number of hydrogen-bond donors (Lipinski definition) is 2. The van der Waals surface area contributed by atoms with Crippen LogP contribution < -0.4 is 10.9 Å². The molecule has 8 heteroatoms. The Morgan fingerprint density at radius 2 is 1.83 bits per heavy atom. The minimum atomic E-state index is -0.242. The molecule has 2 N–H and O–H groups in total. The fourth-order valence-electron chi connectivity index (χ4n) is 3.11.